The Hall–Kier alpha value is -1.70. The minimum absolute atomic E-state index is 0.100. The van der Waals surface area contributed by atoms with Gasteiger partial charge in [-0.2, -0.15) is 5.26 Å². The van der Waals surface area contributed by atoms with Crippen molar-refractivity contribution in [1.82, 2.24) is 5.32 Å². The Bertz CT molecular complexity index is 572. The van der Waals surface area contributed by atoms with Crippen LogP contribution in [0.25, 0.3) is 0 Å². The van der Waals surface area contributed by atoms with Crippen LogP contribution in [0.5, 0.6) is 0 Å². The second-order valence-corrected chi connectivity index (χ2v) is 5.26. The molecule has 1 aromatic heterocycles. The highest BCUT2D eigenvalue weighted by molar-refractivity contribution is 7.10. The van der Waals surface area contributed by atoms with Gasteiger partial charge in [0.2, 0.25) is 0 Å². The highest BCUT2D eigenvalue weighted by atomic mass is 32.1. The predicted octanol–water partition coefficient (Wildman–Crippen LogP) is 4.00. The van der Waals surface area contributed by atoms with Crippen LogP contribution in [0.3, 0.4) is 0 Å². The molecule has 0 aliphatic carbocycles. The third-order valence-electron chi connectivity index (χ3n) is 3.00. The van der Waals surface area contributed by atoms with Crippen LogP contribution in [0, 0.1) is 17.1 Å². The van der Waals surface area contributed by atoms with Crippen molar-refractivity contribution in [3.8, 4) is 6.07 Å². The normalized spacial score (nSPS) is 12.1. The first-order valence-electron chi connectivity index (χ1n) is 6.20. The van der Waals surface area contributed by atoms with Crippen molar-refractivity contribution in [2.75, 3.05) is 0 Å². The summed E-state index contributed by atoms with van der Waals surface area (Å²) in [6.45, 7) is 2.76. The number of nitrogens with one attached hydrogen (secondary N) is 1. The zero-order chi connectivity index (χ0) is 13.7. The van der Waals surface area contributed by atoms with Crippen molar-refractivity contribution in [2.45, 2.75) is 25.9 Å². The number of hydrogen-bond donors (Lipinski definition) is 1. The van der Waals surface area contributed by atoms with Crippen molar-refractivity contribution < 1.29 is 4.39 Å². The lowest BCUT2D eigenvalue weighted by Crippen LogP contribution is -2.19. The first-order valence-corrected chi connectivity index (χ1v) is 7.08. The summed E-state index contributed by atoms with van der Waals surface area (Å²) in [6, 6.07) is 11.0. The van der Waals surface area contributed by atoms with Crippen molar-refractivity contribution in [3.05, 3.63) is 57.5 Å². The van der Waals surface area contributed by atoms with Gasteiger partial charge in [-0.25, -0.2) is 4.39 Å². The van der Waals surface area contributed by atoms with Gasteiger partial charge >= 0.3 is 0 Å². The van der Waals surface area contributed by atoms with Crippen LogP contribution in [0.2, 0.25) is 0 Å². The summed E-state index contributed by atoms with van der Waals surface area (Å²) in [6.07, 6.45) is 0.993. The molecule has 1 atom stereocenters. The molecule has 0 spiro atoms. The van der Waals surface area contributed by atoms with Crippen LogP contribution >= 0.6 is 11.3 Å². The molecule has 2 aromatic rings. The standard InChI is InChI=1S/C15H15FN2S/c1-2-14(15-4-3-7-19-15)18-10-11-5-6-13(16)12(8-11)9-17/h3-8,14,18H,2,10H2,1H3. The predicted molar refractivity (Wildman–Crippen MR) is 75.3 cm³/mol. The lowest BCUT2D eigenvalue weighted by molar-refractivity contribution is 0.526. The third-order valence-corrected chi connectivity index (χ3v) is 3.98. The molecule has 0 saturated heterocycles. The molecule has 1 N–H and O–H groups in total. The number of nitrogens with zero attached hydrogens (tertiary/aromatic N) is 1. The zero-order valence-electron chi connectivity index (χ0n) is 10.7. The lowest BCUT2D eigenvalue weighted by Gasteiger charge is -2.15. The number of hydrogen-bond acceptors (Lipinski definition) is 3. The summed E-state index contributed by atoms with van der Waals surface area (Å²) in [4.78, 5) is 1.30. The maximum atomic E-state index is 13.2. The molecule has 0 amide bonds. The van der Waals surface area contributed by atoms with Crippen LogP contribution in [-0.2, 0) is 6.54 Å². The molecule has 4 heteroatoms. The molecule has 19 heavy (non-hydrogen) atoms. The molecule has 1 unspecified atom stereocenters. The smallest absolute Gasteiger partial charge is 0.140 e. The van der Waals surface area contributed by atoms with E-state index in [2.05, 4.69) is 23.7 Å². The first kappa shape index (κ1) is 13.7. The summed E-state index contributed by atoms with van der Waals surface area (Å²) in [5.74, 6) is -0.462. The van der Waals surface area contributed by atoms with Gasteiger partial charge in [-0.1, -0.05) is 19.1 Å². The molecule has 0 aliphatic heterocycles. The number of nitriles is 1. The SMILES string of the molecule is CCC(NCc1ccc(F)c(C#N)c1)c1cccs1. The van der Waals surface area contributed by atoms with Crippen molar-refractivity contribution >= 4 is 11.3 Å². The number of halogens is 1. The van der Waals surface area contributed by atoms with Gasteiger partial charge in [-0.3, -0.25) is 0 Å². The first-order chi connectivity index (χ1) is 9.24. The van der Waals surface area contributed by atoms with Gasteiger partial charge in [0.05, 0.1) is 5.56 Å². The van der Waals surface area contributed by atoms with Crippen molar-refractivity contribution in [2.24, 2.45) is 0 Å². The van der Waals surface area contributed by atoms with E-state index >= 15 is 0 Å². The minimum Gasteiger partial charge on any atom is -0.305 e. The molecule has 1 heterocycles. The third kappa shape index (κ3) is 3.40. The number of thiophene rings is 1. The summed E-state index contributed by atoms with van der Waals surface area (Å²) < 4.78 is 13.2. The van der Waals surface area contributed by atoms with Gasteiger partial charge in [-0.15, -0.1) is 11.3 Å². The van der Waals surface area contributed by atoms with Crippen molar-refractivity contribution in [1.29, 1.82) is 5.26 Å². The van der Waals surface area contributed by atoms with E-state index in [0.29, 0.717) is 12.6 Å². The second kappa shape index (κ2) is 6.46. The van der Waals surface area contributed by atoms with E-state index in [-0.39, 0.29) is 5.56 Å². The minimum atomic E-state index is -0.462. The Morgan fingerprint density at radius 1 is 1.42 bits per heavy atom. The van der Waals surface area contributed by atoms with Crippen LogP contribution < -0.4 is 5.32 Å². The Morgan fingerprint density at radius 3 is 2.89 bits per heavy atom. The van der Waals surface area contributed by atoms with E-state index in [1.54, 1.807) is 23.5 Å². The average Bonchev–Trinajstić information content (AvgIpc) is 2.95. The Morgan fingerprint density at radius 2 is 2.26 bits per heavy atom. The van der Waals surface area contributed by atoms with E-state index in [0.717, 1.165) is 12.0 Å². The molecule has 0 radical (unpaired) electrons. The van der Waals surface area contributed by atoms with E-state index in [1.165, 1.54) is 10.9 Å². The summed E-state index contributed by atoms with van der Waals surface area (Å²) in [5, 5.41) is 14.3. The average molecular weight is 274 g/mol. The van der Waals surface area contributed by atoms with Crippen LogP contribution in [0.15, 0.2) is 35.7 Å². The van der Waals surface area contributed by atoms with E-state index in [9.17, 15) is 4.39 Å². The van der Waals surface area contributed by atoms with Gasteiger partial charge in [0.1, 0.15) is 11.9 Å². The van der Waals surface area contributed by atoms with Gasteiger partial charge in [0.15, 0.2) is 0 Å². The molecule has 0 fully saturated rings. The maximum absolute atomic E-state index is 13.2. The Kier molecular flexibility index (Phi) is 4.67. The summed E-state index contributed by atoms with van der Waals surface area (Å²) in [5.41, 5.74) is 1.02. The molecule has 0 aliphatic rings. The zero-order valence-corrected chi connectivity index (χ0v) is 11.5. The van der Waals surface area contributed by atoms with E-state index < -0.39 is 5.82 Å². The molecule has 0 bridgehead atoms. The van der Waals surface area contributed by atoms with Gasteiger partial charge < -0.3 is 5.32 Å². The number of benzene rings is 1. The lowest BCUT2D eigenvalue weighted by atomic mass is 10.1. The van der Waals surface area contributed by atoms with Crippen LogP contribution in [-0.4, -0.2) is 0 Å². The van der Waals surface area contributed by atoms with Crippen LogP contribution in [0.4, 0.5) is 4.39 Å². The van der Waals surface area contributed by atoms with E-state index in [4.69, 9.17) is 5.26 Å². The number of rotatable bonds is 5. The second-order valence-electron chi connectivity index (χ2n) is 4.28. The topological polar surface area (TPSA) is 35.8 Å². The van der Waals surface area contributed by atoms with E-state index in [1.807, 2.05) is 12.1 Å². The summed E-state index contributed by atoms with van der Waals surface area (Å²) >= 11 is 1.73. The monoisotopic (exact) mass is 274 g/mol. The molecule has 1 aromatic carbocycles. The summed E-state index contributed by atoms with van der Waals surface area (Å²) in [7, 11) is 0. The molecule has 0 saturated carbocycles. The molecular weight excluding hydrogens is 259 g/mol. The molecule has 2 rings (SSSR count). The molecular formula is C15H15FN2S. The Balaban J connectivity index is 2.04. The van der Waals surface area contributed by atoms with Gasteiger partial charge in [0, 0.05) is 17.5 Å². The highest BCUT2D eigenvalue weighted by Gasteiger charge is 2.10. The van der Waals surface area contributed by atoms with Gasteiger partial charge in [-0.05, 0) is 35.6 Å². The highest BCUT2D eigenvalue weighted by Crippen LogP contribution is 2.22. The largest absolute Gasteiger partial charge is 0.305 e. The van der Waals surface area contributed by atoms with Gasteiger partial charge in [0.25, 0.3) is 0 Å². The quantitative estimate of drug-likeness (QED) is 0.894. The molecule has 98 valence electrons. The maximum Gasteiger partial charge on any atom is 0.140 e. The fourth-order valence-corrected chi connectivity index (χ4v) is 2.83. The van der Waals surface area contributed by atoms with Crippen molar-refractivity contribution in [3.63, 3.8) is 0 Å². The fourth-order valence-electron chi connectivity index (χ4n) is 1.94. The molecule has 2 nitrogen and oxygen atoms in total. The van der Waals surface area contributed by atoms with Crippen LogP contribution in [0.1, 0.15) is 35.4 Å². The fraction of sp³-hybridized carbons (Fsp3) is 0.267. The Labute approximate surface area is 116 Å².